The van der Waals surface area contributed by atoms with Crippen molar-refractivity contribution < 1.29 is 4.79 Å². The van der Waals surface area contributed by atoms with Crippen LogP contribution in [0.2, 0.25) is 0 Å². The van der Waals surface area contributed by atoms with Gasteiger partial charge in [0.1, 0.15) is 0 Å². The number of rotatable bonds is 4. The number of hydrogen-bond donors (Lipinski definition) is 0. The zero-order valence-corrected chi connectivity index (χ0v) is 11.0. The van der Waals surface area contributed by atoms with E-state index in [1.165, 1.54) is 0 Å². The van der Waals surface area contributed by atoms with Crippen molar-refractivity contribution in [1.82, 2.24) is 4.90 Å². The van der Waals surface area contributed by atoms with Gasteiger partial charge in [0.25, 0.3) is 5.91 Å². The van der Waals surface area contributed by atoms with E-state index >= 15 is 0 Å². The van der Waals surface area contributed by atoms with E-state index < -0.39 is 0 Å². The minimum absolute atomic E-state index is 0.0167. The monoisotopic (exact) mass is 251 g/mol. The van der Waals surface area contributed by atoms with Gasteiger partial charge in [-0.15, -0.1) is 0 Å². The number of nitrogens with zero attached hydrogens (tertiary/aromatic N) is 1. The fourth-order valence-electron chi connectivity index (χ4n) is 1.88. The van der Waals surface area contributed by atoms with Gasteiger partial charge in [-0.2, -0.15) is 0 Å². The minimum atomic E-state index is -0.0167. The summed E-state index contributed by atoms with van der Waals surface area (Å²) in [5.41, 5.74) is 2.52. The van der Waals surface area contributed by atoms with E-state index in [0.29, 0.717) is 12.1 Å². The van der Waals surface area contributed by atoms with Crippen molar-refractivity contribution in [1.29, 1.82) is 0 Å². The first-order chi connectivity index (χ1) is 9.18. The van der Waals surface area contributed by atoms with Gasteiger partial charge in [0, 0.05) is 11.3 Å². The first-order valence-electron chi connectivity index (χ1n) is 6.25. The first kappa shape index (κ1) is 13.1. The predicted molar refractivity (Wildman–Crippen MR) is 77.6 cm³/mol. The molecule has 0 aromatic heterocycles. The van der Waals surface area contributed by atoms with Gasteiger partial charge in [-0.1, -0.05) is 55.1 Å². The van der Waals surface area contributed by atoms with Gasteiger partial charge >= 0.3 is 0 Å². The maximum absolute atomic E-state index is 12.5. The second-order valence-electron chi connectivity index (χ2n) is 4.48. The predicted octanol–water partition coefficient (Wildman–Crippen LogP) is 3.86. The molecule has 1 amide bonds. The molecule has 2 nitrogen and oxygen atoms in total. The van der Waals surface area contributed by atoms with Crippen molar-refractivity contribution in [3.05, 3.63) is 84.1 Å². The van der Waals surface area contributed by atoms with E-state index in [0.717, 1.165) is 11.3 Å². The lowest BCUT2D eigenvalue weighted by Crippen LogP contribution is -2.28. The Morgan fingerprint density at radius 2 is 1.53 bits per heavy atom. The Balaban J connectivity index is 2.22. The Morgan fingerprint density at radius 1 is 1.00 bits per heavy atom. The highest BCUT2D eigenvalue weighted by molar-refractivity contribution is 5.95. The molecule has 0 aliphatic rings. The molecule has 2 rings (SSSR count). The fraction of sp³-hybridized carbons (Fsp3) is 0.118. The Labute approximate surface area is 114 Å². The first-order valence-corrected chi connectivity index (χ1v) is 6.25. The number of benzene rings is 2. The number of carbonyl (C=O) groups is 1. The van der Waals surface area contributed by atoms with Crippen LogP contribution in [0.25, 0.3) is 0 Å². The summed E-state index contributed by atoms with van der Waals surface area (Å²) >= 11 is 0. The third-order valence-corrected chi connectivity index (χ3v) is 2.91. The number of carbonyl (C=O) groups excluding carboxylic acids is 1. The minimum Gasteiger partial charge on any atom is -0.309 e. The second kappa shape index (κ2) is 6.01. The van der Waals surface area contributed by atoms with Gasteiger partial charge in [0.2, 0.25) is 0 Å². The molecule has 2 heteroatoms. The zero-order valence-electron chi connectivity index (χ0n) is 11.0. The summed E-state index contributed by atoms with van der Waals surface area (Å²) in [6.45, 7) is 6.30. The summed E-state index contributed by atoms with van der Waals surface area (Å²) in [5.74, 6) is -0.0167. The number of amides is 1. The van der Waals surface area contributed by atoms with E-state index in [4.69, 9.17) is 0 Å². The highest BCUT2D eigenvalue weighted by Crippen LogP contribution is 2.14. The molecule has 0 aliphatic heterocycles. The molecular formula is C17H17NO. The number of allylic oxidation sites excluding steroid dienone is 1. The van der Waals surface area contributed by atoms with Gasteiger partial charge in [-0.3, -0.25) is 4.79 Å². The third-order valence-electron chi connectivity index (χ3n) is 2.91. The largest absolute Gasteiger partial charge is 0.309 e. The van der Waals surface area contributed by atoms with Crippen LogP contribution in [0.3, 0.4) is 0 Å². The summed E-state index contributed by atoms with van der Waals surface area (Å²) in [4.78, 5) is 14.2. The van der Waals surface area contributed by atoms with Crippen molar-refractivity contribution in [3.8, 4) is 0 Å². The maximum atomic E-state index is 12.5. The molecule has 19 heavy (non-hydrogen) atoms. The molecule has 0 heterocycles. The van der Waals surface area contributed by atoms with Gasteiger partial charge in [0.15, 0.2) is 0 Å². The van der Waals surface area contributed by atoms with E-state index in [1.54, 1.807) is 4.90 Å². The van der Waals surface area contributed by atoms with E-state index in [9.17, 15) is 4.79 Å². The molecule has 0 aliphatic carbocycles. The highest BCUT2D eigenvalue weighted by Gasteiger charge is 2.16. The van der Waals surface area contributed by atoms with Crippen LogP contribution in [0.15, 0.2) is 72.9 Å². The lowest BCUT2D eigenvalue weighted by atomic mass is 10.1. The van der Waals surface area contributed by atoms with Crippen LogP contribution < -0.4 is 0 Å². The molecule has 0 atom stereocenters. The Morgan fingerprint density at radius 3 is 2.05 bits per heavy atom. The van der Waals surface area contributed by atoms with E-state index in [1.807, 2.05) is 67.6 Å². The summed E-state index contributed by atoms with van der Waals surface area (Å²) < 4.78 is 0. The molecule has 0 bridgehead atoms. The van der Waals surface area contributed by atoms with Crippen LogP contribution in [0.4, 0.5) is 0 Å². The Kier molecular flexibility index (Phi) is 4.14. The van der Waals surface area contributed by atoms with Crippen LogP contribution in [-0.2, 0) is 6.54 Å². The van der Waals surface area contributed by atoms with Crippen LogP contribution in [0.1, 0.15) is 22.8 Å². The van der Waals surface area contributed by atoms with Crippen LogP contribution in [0, 0.1) is 0 Å². The Bertz CT molecular complexity index is 560. The molecule has 0 unspecified atom stereocenters. The molecule has 0 saturated heterocycles. The molecule has 0 fully saturated rings. The third kappa shape index (κ3) is 3.32. The van der Waals surface area contributed by atoms with Crippen LogP contribution in [0.5, 0.6) is 0 Å². The molecule has 0 saturated carbocycles. The van der Waals surface area contributed by atoms with Crippen molar-refractivity contribution in [3.63, 3.8) is 0 Å². The van der Waals surface area contributed by atoms with Gasteiger partial charge in [-0.05, 0) is 24.6 Å². The molecule has 0 N–H and O–H groups in total. The summed E-state index contributed by atoms with van der Waals surface area (Å²) in [7, 11) is 0. The fourth-order valence-corrected chi connectivity index (χ4v) is 1.88. The molecular weight excluding hydrogens is 234 g/mol. The molecule has 0 spiro atoms. The van der Waals surface area contributed by atoms with Crippen molar-refractivity contribution in [2.24, 2.45) is 0 Å². The second-order valence-corrected chi connectivity index (χ2v) is 4.48. The topological polar surface area (TPSA) is 20.3 Å². The van der Waals surface area contributed by atoms with Crippen molar-refractivity contribution >= 4 is 5.91 Å². The SMILES string of the molecule is C=C(C)N(Cc1ccccc1)C(=O)c1ccccc1. The van der Waals surface area contributed by atoms with E-state index in [-0.39, 0.29) is 5.91 Å². The lowest BCUT2D eigenvalue weighted by molar-refractivity contribution is 0.0797. The van der Waals surface area contributed by atoms with Crippen LogP contribution >= 0.6 is 0 Å². The summed E-state index contributed by atoms with van der Waals surface area (Å²) in [5, 5.41) is 0. The average molecular weight is 251 g/mol. The van der Waals surface area contributed by atoms with E-state index in [2.05, 4.69) is 6.58 Å². The van der Waals surface area contributed by atoms with Gasteiger partial charge in [0.05, 0.1) is 6.54 Å². The highest BCUT2D eigenvalue weighted by atomic mass is 16.2. The normalized spacial score (nSPS) is 9.95. The zero-order chi connectivity index (χ0) is 13.7. The van der Waals surface area contributed by atoms with Gasteiger partial charge < -0.3 is 4.90 Å². The Hall–Kier alpha value is -2.35. The molecule has 0 radical (unpaired) electrons. The number of hydrogen-bond acceptors (Lipinski definition) is 1. The van der Waals surface area contributed by atoms with Crippen molar-refractivity contribution in [2.45, 2.75) is 13.5 Å². The maximum Gasteiger partial charge on any atom is 0.258 e. The molecule has 96 valence electrons. The standard InChI is InChI=1S/C17H17NO/c1-14(2)18(13-15-9-5-3-6-10-15)17(19)16-11-7-4-8-12-16/h3-12H,1,13H2,2H3. The molecule has 2 aromatic rings. The molecule has 2 aromatic carbocycles. The van der Waals surface area contributed by atoms with Gasteiger partial charge in [-0.25, -0.2) is 0 Å². The average Bonchev–Trinajstić information content (AvgIpc) is 2.46. The lowest BCUT2D eigenvalue weighted by Gasteiger charge is -2.23. The van der Waals surface area contributed by atoms with Crippen molar-refractivity contribution in [2.75, 3.05) is 0 Å². The summed E-state index contributed by atoms with van der Waals surface area (Å²) in [6, 6.07) is 19.2. The smallest absolute Gasteiger partial charge is 0.258 e. The summed E-state index contributed by atoms with van der Waals surface area (Å²) in [6.07, 6.45) is 0. The van der Waals surface area contributed by atoms with Crippen LogP contribution in [-0.4, -0.2) is 10.8 Å². The quantitative estimate of drug-likeness (QED) is 0.808.